The molecule has 5 nitrogen and oxygen atoms in total. The number of hydrogen-bond donors (Lipinski definition) is 1. The molecule has 0 fully saturated rings. The summed E-state index contributed by atoms with van der Waals surface area (Å²) < 4.78 is 31.9. The Morgan fingerprint density at radius 2 is 1.77 bits per heavy atom. The van der Waals surface area contributed by atoms with Gasteiger partial charge in [-0.3, -0.25) is 0 Å². The molecule has 0 aliphatic heterocycles. The van der Waals surface area contributed by atoms with E-state index in [0.29, 0.717) is 10.6 Å². The molecule has 0 aliphatic rings. The molecule has 2 aromatic carbocycles. The second-order valence-electron chi connectivity index (χ2n) is 5.93. The van der Waals surface area contributed by atoms with Crippen LogP contribution < -0.4 is 5.32 Å². The van der Waals surface area contributed by atoms with Crippen LogP contribution in [0.4, 0.5) is 5.88 Å². The number of benzene rings is 2. The van der Waals surface area contributed by atoms with E-state index in [1.54, 1.807) is 54.6 Å². The molecule has 1 unspecified atom stereocenters. The zero-order valence-corrected chi connectivity index (χ0v) is 16.0. The van der Waals surface area contributed by atoms with Crippen LogP contribution in [0.15, 0.2) is 68.9 Å². The summed E-state index contributed by atoms with van der Waals surface area (Å²) in [6.07, 6.45) is 0.807. The third-order valence-electron chi connectivity index (χ3n) is 3.99. The van der Waals surface area contributed by atoms with Gasteiger partial charge in [0.05, 0.1) is 4.90 Å². The smallest absolute Gasteiger partial charge is 0.234 e. The van der Waals surface area contributed by atoms with E-state index < -0.39 is 9.84 Å². The van der Waals surface area contributed by atoms with Gasteiger partial charge in [-0.05, 0) is 49.7 Å². The molecule has 1 N–H and O–H groups in total. The summed E-state index contributed by atoms with van der Waals surface area (Å²) in [5.41, 5.74) is 0.649. The molecule has 0 spiro atoms. The average Bonchev–Trinajstić information content (AvgIpc) is 3.07. The fourth-order valence-electron chi connectivity index (χ4n) is 2.33. The lowest BCUT2D eigenvalue weighted by atomic mass is 10.2. The highest BCUT2D eigenvalue weighted by Gasteiger charge is 2.28. The molecule has 0 radical (unpaired) electrons. The monoisotopic (exact) mass is 390 g/mol. The third-order valence-corrected chi connectivity index (χ3v) is 5.92. The Balaban J connectivity index is 2.12. The number of anilines is 1. The molecule has 1 atom stereocenters. The SMILES string of the molecule is CCC(C)Nc1oc(-c2ccc(Cl)cc2)nc1S(=O)(=O)c1ccccc1. The number of nitrogens with zero attached hydrogens (tertiary/aromatic N) is 1. The lowest BCUT2D eigenvalue weighted by Gasteiger charge is -2.11. The molecular formula is C19H19ClN2O3S. The highest BCUT2D eigenvalue weighted by Crippen LogP contribution is 2.33. The Hall–Kier alpha value is -2.31. The van der Waals surface area contributed by atoms with Crippen molar-refractivity contribution in [3.63, 3.8) is 0 Å². The van der Waals surface area contributed by atoms with Gasteiger partial charge in [0.1, 0.15) is 0 Å². The van der Waals surface area contributed by atoms with E-state index in [9.17, 15) is 8.42 Å². The van der Waals surface area contributed by atoms with Crippen molar-refractivity contribution in [3.05, 3.63) is 59.6 Å². The van der Waals surface area contributed by atoms with Crippen molar-refractivity contribution in [3.8, 4) is 11.5 Å². The average molecular weight is 391 g/mol. The third kappa shape index (κ3) is 3.76. The predicted octanol–water partition coefficient (Wildman–Crippen LogP) is 5.04. The fraction of sp³-hybridized carbons (Fsp3) is 0.211. The van der Waals surface area contributed by atoms with Gasteiger partial charge in [-0.15, -0.1) is 0 Å². The largest absolute Gasteiger partial charge is 0.419 e. The standard InChI is InChI=1S/C19H19ClN2O3S/c1-3-13(2)21-18-19(26(23,24)16-7-5-4-6-8-16)22-17(25-18)14-9-11-15(20)12-10-14/h4-13,21H,3H2,1-2H3. The Labute approximate surface area is 157 Å². The van der Waals surface area contributed by atoms with E-state index in [1.807, 2.05) is 13.8 Å². The molecule has 0 amide bonds. The van der Waals surface area contributed by atoms with Gasteiger partial charge in [0, 0.05) is 16.6 Å². The number of oxazole rings is 1. The summed E-state index contributed by atoms with van der Waals surface area (Å²) in [5, 5.41) is 3.57. The number of halogens is 1. The number of nitrogens with one attached hydrogen (secondary N) is 1. The van der Waals surface area contributed by atoms with Crippen LogP contribution in [-0.2, 0) is 9.84 Å². The number of sulfone groups is 1. The normalized spacial score (nSPS) is 12.7. The quantitative estimate of drug-likeness (QED) is 0.638. The fourth-order valence-corrected chi connectivity index (χ4v) is 3.74. The van der Waals surface area contributed by atoms with Gasteiger partial charge in [-0.25, -0.2) is 8.42 Å². The Morgan fingerprint density at radius 3 is 2.38 bits per heavy atom. The van der Waals surface area contributed by atoms with Crippen molar-refractivity contribution >= 4 is 27.3 Å². The number of aromatic nitrogens is 1. The van der Waals surface area contributed by atoms with Crippen molar-refractivity contribution in [1.82, 2.24) is 4.98 Å². The summed E-state index contributed by atoms with van der Waals surface area (Å²) in [4.78, 5) is 4.45. The van der Waals surface area contributed by atoms with Crippen LogP contribution in [0.5, 0.6) is 0 Å². The molecule has 0 saturated carbocycles. The first-order valence-corrected chi connectivity index (χ1v) is 10.1. The Morgan fingerprint density at radius 1 is 1.12 bits per heavy atom. The van der Waals surface area contributed by atoms with Crippen LogP contribution in [0.25, 0.3) is 11.5 Å². The van der Waals surface area contributed by atoms with Gasteiger partial charge < -0.3 is 9.73 Å². The van der Waals surface area contributed by atoms with E-state index in [2.05, 4.69) is 10.3 Å². The summed E-state index contributed by atoms with van der Waals surface area (Å²) in [7, 11) is -3.81. The van der Waals surface area contributed by atoms with E-state index in [4.69, 9.17) is 16.0 Å². The molecule has 3 rings (SSSR count). The van der Waals surface area contributed by atoms with Crippen LogP contribution in [0.2, 0.25) is 5.02 Å². The van der Waals surface area contributed by atoms with E-state index >= 15 is 0 Å². The minimum Gasteiger partial charge on any atom is -0.419 e. The van der Waals surface area contributed by atoms with Crippen LogP contribution in [0.3, 0.4) is 0 Å². The number of hydrogen-bond acceptors (Lipinski definition) is 5. The maximum atomic E-state index is 13.0. The van der Waals surface area contributed by atoms with E-state index in [-0.39, 0.29) is 27.7 Å². The Bertz CT molecular complexity index is 983. The molecule has 0 saturated heterocycles. The minimum absolute atomic E-state index is 0.0331. The summed E-state index contributed by atoms with van der Waals surface area (Å²) in [6.45, 7) is 3.95. The van der Waals surface area contributed by atoms with Crippen molar-refractivity contribution in [1.29, 1.82) is 0 Å². The van der Waals surface area contributed by atoms with Gasteiger partial charge >= 0.3 is 0 Å². The van der Waals surface area contributed by atoms with Crippen molar-refractivity contribution in [2.24, 2.45) is 0 Å². The number of rotatable bonds is 6. The topological polar surface area (TPSA) is 72.2 Å². The molecule has 26 heavy (non-hydrogen) atoms. The summed E-state index contributed by atoms with van der Waals surface area (Å²) in [5.74, 6) is 0.370. The lowest BCUT2D eigenvalue weighted by Crippen LogP contribution is -2.15. The van der Waals surface area contributed by atoms with Crippen molar-refractivity contribution in [2.45, 2.75) is 36.2 Å². The zero-order chi connectivity index (χ0) is 18.7. The van der Waals surface area contributed by atoms with E-state index in [1.165, 1.54) is 0 Å². The molecule has 0 aliphatic carbocycles. The van der Waals surface area contributed by atoms with Gasteiger partial charge in [-0.2, -0.15) is 4.98 Å². The minimum atomic E-state index is -3.81. The molecule has 0 bridgehead atoms. The van der Waals surface area contributed by atoms with Crippen LogP contribution in [-0.4, -0.2) is 19.4 Å². The lowest BCUT2D eigenvalue weighted by molar-refractivity contribution is 0.566. The first-order valence-electron chi connectivity index (χ1n) is 8.25. The van der Waals surface area contributed by atoms with Crippen LogP contribution >= 0.6 is 11.6 Å². The molecule has 1 heterocycles. The Kier molecular flexibility index (Phi) is 5.34. The van der Waals surface area contributed by atoms with E-state index in [0.717, 1.165) is 6.42 Å². The van der Waals surface area contributed by atoms with Crippen molar-refractivity contribution < 1.29 is 12.8 Å². The maximum Gasteiger partial charge on any atom is 0.234 e. The van der Waals surface area contributed by atoms with Gasteiger partial charge in [0.25, 0.3) is 0 Å². The van der Waals surface area contributed by atoms with Crippen LogP contribution in [0, 0.1) is 0 Å². The highest BCUT2D eigenvalue weighted by molar-refractivity contribution is 7.91. The van der Waals surface area contributed by atoms with Gasteiger partial charge in [0.15, 0.2) is 0 Å². The molecule has 1 aromatic heterocycles. The zero-order valence-electron chi connectivity index (χ0n) is 14.4. The second-order valence-corrected chi connectivity index (χ2v) is 8.23. The summed E-state index contributed by atoms with van der Waals surface area (Å²) in [6, 6.07) is 15.1. The van der Waals surface area contributed by atoms with Gasteiger partial charge in [0.2, 0.25) is 26.6 Å². The predicted molar refractivity (Wildman–Crippen MR) is 102 cm³/mol. The molecular weight excluding hydrogens is 372 g/mol. The maximum absolute atomic E-state index is 13.0. The van der Waals surface area contributed by atoms with Crippen LogP contribution in [0.1, 0.15) is 20.3 Å². The van der Waals surface area contributed by atoms with Gasteiger partial charge in [-0.1, -0.05) is 36.7 Å². The second kappa shape index (κ2) is 7.51. The highest BCUT2D eigenvalue weighted by atomic mass is 35.5. The molecule has 7 heteroatoms. The first kappa shape index (κ1) is 18.5. The van der Waals surface area contributed by atoms with Crippen molar-refractivity contribution in [2.75, 3.05) is 5.32 Å². The molecule has 136 valence electrons. The summed E-state index contributed by atoms with van der Waals surface area (Å²) >= 11 is 5.92. The molecule has 3 aromatic rings. The first-order chi connectivity index (χ1) is 12.4.